The zero-order valence-corrected chi connectivity index (χ0v) is 46.3. The fourth-order valence-electron chi connectivity index (χ4n) is 10.0. The second kappa shape index (κ2) is 58.4. The topological polar surface area (TPSA) is 89.8 Å². The number of allylic oxidation sites excluding steroid dienone is 4. The van der Waals surface area contributed by atoms with Crippen molar-refractivity contribution in [1.82, 2.24) is 5.32 Å². The molecule has 0 heterocycles. The molecule has 0 aromatic heterocycles. The van der Waals surface area contributed by atoms with Crippen molar-refractivity contribution in [2.45, 2.75) is 366 Å². The molecule has 1 amide bonds. The van der Waals surface area contributed by atoms with Gasteiger partial charge in [-0.15, -0.1) is 0 Å². The standard InChI is InChI=1S/C63H123NO4/c1-3-5-7-9-11-13-15-17-19-21-23-25-27-29-30-31-32-33-34-36-38-40-42-44-46-48-50-52-54-56-60(66)58-63(68)64-61(59-65)62(67)57-55-53-51-49-47-45-43-41-39-37-35-28-26-24-22-20-18-16-14-12-10-8-6-4-2/h23,25,29-30,60-62,65-67H,3-22,24,26-28,31-59H2,1-2H3,(H,64,68)/b25-23-,30-29-. The van der Waals surface area contributed by atoms with E-state index in [1.54, 1.807) is 0 Å². The molecule has 4 N–H and O–H groups in total. The van der Waals surface area contributed by atoms with Gasteiger partial charge in [-0.3, -0.25) is 4.79 Å². The number of hydrogen-bond acceptors (Lipinski definition) is 4. The van der Waals surface area contributed by atoms with Crippen LogP contribution in [0.1, 0.15) is 348 Å². The third-order valence-electron chi connectivity index (χ3n) is 14.8. The second-order valence-electron chi connectivity index (χ2n) is 21.7. The van der Waals surface area contributed by atoms with Crippen LogP contribution in [0.3, 0.4) is 0 Å². The molecule has 0 bridgehead atoms. The lowest BCUT2D eigenvalue weighted by atomic mass is 10.0. The van der Waals surface area contributed by atoms with Crippen molar-refractivity contribution in [2.75, 3.05) is 6.61 Å². The van der Waals surface area contributed by atoms with Crippen LogP contribution in [0.25, 0.3) is 0 Å². The molecule has 0 aromatic carbocycles. The van der Waals surface area contributed by atoms with Gasteiger partial charge < -0.3 is 20.6 Å². The molecule has 5 nitrogen and oxygen atoms in total. The number of amides is 1. The minimum atomic E-state index is -0.750. The first-order chi connectivity index (χ1) is 33.5. The molecule has 0 fully saturated rings. The lowest BCUT2D eigenvalue weighted by molar-refractivity contribution is -0.125. The van der Waals surface area contributed by atoms with E-state index in [0.29, 0.717) is 12.8 Å². The Kier molecular flexibility index (Phi) is 57.4. The molecule has 0 aliphatic heterocycles. The SMILES string of the molecule is CCCCCCCCCCC/C=C\C/C=C\CCCCCCCCCCCCCCCC(O)CC(=O)NC(CO)C(O)CCCCCCCCCCCCCCCCCCCCCCCCCC. The first kappa shape index (κ1) is 66.8. The van der Waals surface area contributed by atoms with Gasteiger partial charge in [-0.1, -0.05) is 321 Å². The summed E-state index contributed by atoms with van der Waals surface area (Å²) in [4.78, 5) is 12.6. The average Bonchev–Trinajstić information content (AvgIpc) is 3.33. The van der Waals surface area contributed by atoms with E-state index in [2.05, 4.69) is 43.5 Å². The van der Waals surface area contributed by atoms with E-state index in [0.717, 1.165) is 32.1 Å². The summed E-state index contributed by atoms with van der Waals surface area (Å²) in [6, 6.07) is -0.659. The molecule has 0 aliphatic carbocycles. The van der Waals surface area contributed by atoms with E-state index in [9.17, 15) is 20.1 Å². The van der Waals surface area contributed by atoms with Crippen molar-refractivity contribution >= 4 is 5.91 Å². The molecule has 0 radical (unpaired) electrons. The lowest BCUT2D eigenvalue weighted by Crippen LogP contribution is -2.46. The van der Waals surface area contributed by atoms with Crippen LogP contribution in [0.5, 0.6) is 0 Å². The second-order valence-corrected chi connectivity index (χ2v) is 21.7. The van der Waals surface area contributed by atoms with Crippen LogP contribution in [-0.2, 0) is 4.79 Å². The molecule has 0 saturated heterocycles. The molecule has 68 heavy (non-hydrogen) atoms. The Hall–Kier alpha value is -1.17. The minimum Gasteiger partial charge on any atom is -0.394 e. The van der Waals surface area contributed by atoms with Crippen LogP contribution in [0.2, 0.25) is 0 Å². The van der Waals surface area contributed by atoms with E-state index in [1.165, 1.54) is 283 Å². The Bertz CT molecular complexity index is 1010. The number of aliphatic hydroxyl groups is 3. The molecule has 3 unspecified atom stereocenters. The first-order valence-electron chi connectivity index (χ1n) is 31.1. The molecule has 404 valence electrons. The van der Waals surface area contributed by atoms with Crippen LogP contribution < -0.4 is 5.32 Å². The van der Waals surface area contributed by atoms with Gasteiger partial charge in [0.25, 0.3) is 0 Å². The van der Waals surface area contributed by atoms with Gasteiger partial charge in [0.15, 0.2) is 0 Å². The van der Waals surface area contributed by atoms with Crippen molar-refractivity contribution in [3.05, 3.63) is 24.3 Å². The maximum absolute atomic E-state index is 12.6. The van der Waals surface area contributed by atoms with Crippen molar-refractivity contribution in [2.24, 2.45) is 0 Å². The number of carbonyl (C=O) groups is 1. The highest BCUT2D eigenvalue weighted by molar-refractivity contribution is 5.76. The van der Waals surface area contributed by atoms with Crippen LogP contribution >= 0.6 is 0 Å². The minimum absolute atomic E-state index is 0.0388. The van der Waals surface area contributed by atoms with E-state index in [1.807, 2.05) is 0 Å². The third-order valence-corrected chi connectivity index (χ3v) is 14.8. The predicted octanol–water partition coefficient (Wildman–Crippen LogP) is 19.6. The van der Waals surface area contributed by atoms with E-state index < -0.39 is 18.2 Å². The molecule has 0 saturated carbocycles. The fraction of sp³-hybridized carbons (Fsp3) is 0.921. The highest BCUT2D eigenvalue weighted by atomic mass is 16.3. The molecule has 0 aliphatic rings. The summed E-state index contributed by atoms with van der Waals surface area (Å²) in [6.07, 6.45) is 75.0. The predicted molar refractivity (Wildman–Crippen MR) is 301 cm³/mol. The number of nitrogens with one attached hydrogen (secondary N) is 1. The number of aliphatic hydroxyl groups excluding tert-OH is 3. The van der Waals surface area contributed by atoms with Crippen LogP contribution in [-0.4, -0.2) is 46.1 Å². The van der Waals surface area contributed by atoms with Gasteiger partial charge in [0.1, 0.15) is 0 Å². The zero-order valence-electron chi connectivity index (χ0n) is 46.3. The number of rotatable bonds is 58. The van der Waals surface area contributed by atoms with Crippen LogP contribution in [0, 0.1) is 0 Å². The summed E-state index contributed by atoms with van der Waals surface area (Å²) in [6.45, 7) is 4.31. The van der Waals surface area contributed by atoms with E-state index in [-0.39, 0.29) is 18.9 Å². The zero-order chi connectivity index (χ0) is 49.3. The number of hydrogen-bond donors (Lipinski definition) is 4. The van der Waals surface area contributed by atoms with Gasteiger partial charge in [-0.05, 0) is 44.9 Å². The maximum atomic E-state index is 12.6. The molecule has 0 spiro atoms. The fourth-order valence-corrected chi connectivity index (χ4v) is 10.0. The highest BCUT2D eigenvalue weighted by Crippen LogP contribution is 2.18. The summed E-state index contributed by atoms with van der Waals surface area (Å²) in [7, 11) is 0. The number of unbranched alkanes of at least 4 members (excludes halogenated alkanes) is 45. The maximum Gasteiger partial charge on any atom is 0.222 e. The van der Waals surface area contributed by atoms with Crippen molar-refractivity contribution in [3.8, 4) is 0 Å². The van der Waals surface area contributed by atoms with Crippen LogP contribution in [0.4, 0.5) is 0 Å². The third kappa shape index (κ3) is 54.2. The van der Waals surface area contributed by atoms with Gasteiger partial charge in [-0.25, -0.2) is 0 Å². The summed E-state index contributed by atoms with van der Waals surface area (Å²) in [5.74, 6) is -0.277. The van der Waals surface area contributed by atoms with Gasteiger partial charge >= 0.3 is 0 Å². The van der Waals surface area contributed by atoms with Crippen molar-refractivity contribution in [1.29, 1.82) is 0 Å². The Morgan fingerprint density at radius 1 is 0.368 bits per heavy atom. The Labute approximate surface area is 426 Å². The summed E-state index contributed by atoms with van der Waals surface area (Å²) >= 11 is 0. The smallest absolute Gasteiger partial charge is 0.222 e. The normalized spacial score (nSPS) is 13.3. The lowest BCUT2D eigenvalue weighted by Gasteiger charge is -2.23. The molecule has 3 atom stereocenters. The molecule has 0 rings (SSSR count). The molecular formula is C63H123NO4. The monoisotopic (exact) mass is 958 g/mol. The molecule has 5 heteroatoms. The number of carbonyl (C=O) groups excluding carboxylic acids is 1. The first-order valence-corrected chi connectivity index (χ1v) is 31.1. The van der Waals surface area contributed by atoms with Crippen molar-refractivity contribution < 1.29 is 20.1 Å². The Morgan fingerprint density at radius 2 is 0.632 bits per heavy atom. The van der Waals surface area contributed by atoms with E-state index >= 15 is 0 Å². The van der Waals surface area contributed by atoms with Gasteiger partial charge in [0.05, 0.1) is 31.3 Å². The highest BCUT2D eigenvalue weighted by Gasteiger charge is 2.21. The van der Waals surface area contributed by atoms with Crippen molar-refractivity contribution in [3.63, 3.8) is 0 Å². The molecule has 0 aromatic rings. The van der Waals surface area contributed by atoms with E-state index in [4.69, 9.17) is 0 Å². The van der Waals surface area contributed by atoms with Gasteiger partial charge in [0.2, 0.25) is 5.91 Å². The Balaban J connectivity index is 3.50. The van der Waals surface area contributed by atoms with Crippen LogP contribution in [0.15, 0.2) is 24.3 Å². The average molecular weight is 959 g/mol. The Morgan fingerprint density at radius 3 is 0.926 bits per heavy atom. The quantitative estimate of drug-likeness (QED) is 0.0361. The van der Waals surface area contributed by atoms with Gasteiger partial charge in [-0.2, -0.15) is 0 Å². The largest absolute Gasteiger partial charge is 0.394 e. The van der Waals surface area contributed by atoms with Gasteiger partial charge in [0, 0.05) is 0 Å². The summed E-state index contributed by atoms with van der Waals surface area (Å²) in [5.41, 5.74) is 0. The molecular weight excluding hydrogens is 835 g/mol. The summed E-state index contributed by atoms with van der Waals surface area (Å²) < 4.78 is 0. The summed E-state index contributed by atoms with van der Waals surface area (Å²) in [5, 5.41) is 33.7.